The number of aromatic nitrogens is 3. The lowest BCUT2D eigenvalue weighted by molar-refractivity contribution is -0.139. The maximum absolute atomic E-state index is 12.2. The molecule has 2 heterocycles. The van der Waals surface area contributed by atoms with Gasteiger partial charge in [0.2, 0.25) is 0 Å². The van der Waals surface area contributed by atoms with Crippen LogP contribution in [0.4, 0.5) is 0 Å². The monoisotopic (exact) mass is 302 g/mol. The van der Waals surface area contributed by atoms with Gasteiger partial charge in [-0.15, -0.1) is 6.58 Å². The minimum atomic E-state index is -1.07. The lowest BCUT2D eigenvalue weighted by atomic mass is 10.1. The maximum Gasteiger partial charge on any atom is 0.326 e. The smallest absolute Gasteiger partial charge is 0.326 e. The Morgan fingerprint density at radius 3 is 2.91 bits per heavy atom. The summed E-state index contributed by atoms with van der Waals surface area (Å²) >= 11 is 0. The summed E-state index contributed by atoms with van der Waals surface area (Å²) in [6.07, 6.45) is 3.85. The molecule has 1 unspecified atom stereocenters. The number of pyridine rings is 1. The van der Waals surface area contributed by atoms with Crippen LogP contribution < -0.4 is 5.32 Å². The summed E-state index contributed by atoms with van der Waals surface area (Å²) in [5.41, 5.74) is 1.75. The molecule has 0 aromatic carbocycles. The zero-order valence-corrected chi connectivity index (χ0v) is 12.5. The Labute approximate surface area is 127 Å². The summed E-state index contributed by atoms with van der Waals surface area (Å²) in [5, 5.41) is 16.7. The number of nitrogens with zero attached hydrogens (tertiary/aromatic N) is 3. The lowest BCUT2D eigenvalue weighted by Crippen LogP contribution is -2.40. The van der Waals surface area contributed by atoms with Gasteiger partial charge in [-0.2, -0.15) is 5.10 Å². The van der Waals surface area contributed by atoms with Gasteiger partial charge in [0.15, 0.2) is 5.65 Å². The zero-order valence-electron chi connectivity index (χ0n) is 12.5. The molecule has 1 amide bonds. The zero-order chi connectivity index (χ0) is 16.3. The van der Waals surface area contributed by atoms with Gasteiger partial charge in [-0.25, -0.2) is 9.78 Å². The van der Waals surface area contributed by atoms with Crippen molar-refractivity contribution in [1.82, 2.24) is 20.1 Å². The number of carboxylic acid groups (broad SMARTS) is 1. The minimum absolute atomic E-state index is 0.298. The van der Waals surface area contributed by atoms with Gasteiger partial charge >= 0.3 is 5.97 Å². The summed E-state index contributed by atoms with van der Waals surface area (Å²) < 4.78 is 1.64. The highest BCUT2D eigenvalue weighted by atomic mass is 16.4. The van der Waals surface area contributed by atoms with E-state index in [1.54, 1.807) is 23.9 Å². The third-order valence-electron chi connectivity index (χ3n) is 3.39. The van der Waals surface area contributed by atoms with Crippen LogP contribution in [0.5, 0.6) is 0 Å². The number of aliphatic carboxylic acids is 1. The fraction of sp³-hybridized carbons (Fsp3) is 0.333. The second-order valence-electron chi connectivity index (χ2n) is 5.03. The number of carbonyl (C=O) groups excluding carboxylic acids is 1. The van der Waals surface area contributed by atoms with Crippen molar-refractivity contribution in [2.45, 2.75) is 25.8 Å². The summed E-state index contributed by atoms with van der Waals surface area (Å²) in [6.45, 7) is 5.38. The maximum atomic E-state index is 12.2. The molecule has 2 aromatic rings. The van der Waals surface area contributed by atoms with Crippen molar-refractivity contribution >= 4 is 22.9 Å². The fourth-order valence-corrected chi connectivity index (χ4v) is 2.22. The molecule has 2 aromatic heterocycles. The number of allylic oxidation sites excluding steroid dienone is 1. The molecule has 0 fully saturated rings. The second kappa shape index (κ2) is 6.38. The van der Waals surface area contributed by atoms with Crippen LogP contribution in [0, 0.1) is 6.92 Å². The van der Waals surface area contributed by atoms with E-state index in [2.05, 4.69) is 22.0 Å². The number of carbonyl (C=O) groups is 2. The topological polar surface area (TPSA) is 97.1 Å². The first-order valence-electron chi connectivity index (χ1n) is 6.88. The van der Waals surface area contributed by atoms with E-state index in [9.17, 15) is 9.59 Å². The van der Waals surface area contributed by atoms with Crippen molar-refractivity contribution in [1.29, 1.82) is 0 Å². The molecule has 0 saturated heterocycles. The number of hydrogen-bond acceptors (Lipinski definition) is 4. The van der Waals surface area contributed by atoms with Crippen LogP contribution in [-0.2, 0) is 11.8 Å². The number of hydrogen-bond donors (Lipinski definition) is 2. The largest absolute Gasteiger partial charge is 0.480 e. The van der Waals surface area contributed by atoms with E-state index in [-0.39, 0.29) is 0 Å². The van der Waals surface area contributed by atoms with Gasteiger partial charge in [-0.3, -0.25) is 9.48 Å². The van der Waals surface area contributed by atoms with Crippen LogP contribution in [-0.4, -0.2) is 37.8 Å². The van der Waals surface area contributed by atoms with E-state index < -0.39 is 17.9 Å². The third kappa shape index (κ3) is 3.13. The van der Waals surface area contributed by atoms with Gasteiger partial charge in [0.25, 0.3) is 5.91 Å². The highest BCUT2D eigenvalue weighted by Gasteiger charge is 2.20. The molecule has 7 nitrogen and oxygen atoms in total. The highest BCUT2D eigenvalue weighted by Crippen LogP contribution is 2.16. The molecule has 1 atom stereocenters. The van der Waals surface area contributed by atoms with Gasteiger partial charge in [0.1, 0.15) is 6.04 Å². The Hall–Kier alpha value is -2.70. The van der Waals surface area contributed by atoms with E-state index in [1.807, 2.05) is 6.92 Å². The van der Waals surface area contributed by atoms with E-state index >= 15 is 0 Å². The molecule has 2 N–H and O–H groups in total. The summed E-state index contributed by atoms with van der Waals surface area (Å²) in [6, 6.07) is 0.725. The fourth-order valence-electron chi connectivity index (χ4n) is 2.22. The quantitative estimate of drug-likeness (QED) is 0.787. The molecular weight excluding hydrogens is 284 g/mol. The SMILES string of the molecule is C=CCCC(NC(=O)c1cnc2c(c1)c(C)nn2C)C(=O)O. The molecule has 0 aliphatic rings. The Balaban J connectivity index is 2.23. The van der Waals surface area contributed by atoms with Crippen LogP contribution in [0.2, 0.25) is 0 Å². The van der Waals surface area contributed by atoms with Gasteiger partial charge in [-0.1, -0.05) is 6.08 Å². The number of carboxylic acids is 1. The summed E-state index contributed by atoms with van der Waals surface area (Å²) in [4.78, 5) is 27.6. The van der Waals surface area contributed by atoms with Crippen LogP contribution in [0.25, 0.3) is 11.0 Å². The first-order valence-corrected chi connectivity index (χ1v) is 6.88. The van der Waals surface area contributed by atoms with Crippen molar-refractivity contribution < 1.29 is 14.7 Å². The summed E-state index contributed by atoms with van der Waals surface area (Å²) in [5.74, 6) is -1.53. The third-order valence-corrected chi connectivity index (χ3v) is 3.39. The molecule has 2 rings (SSSR count). The van der Waals surface area contributed by atoms with E-state index in [1.165, 1.54) is 6.20 Å². The van der Waals surface area contributed by atoms with Crippen LogP contribution in [0.3, 0.4) is 0 Å². The first kappa shape index (κ1) is 15.7. The Morgan fingerprint density at radius 2 is 2.27 bits per heavy atom. The predicted molar refractivity (Wildman–Crippen MR) is 81.6 cm³/mol. The number of amides is 1. The molecule has 0 bridgehead atoms. The predicted octanol–water partition coefficient (Wildman–Crippen LogP) is 1.43. The van der Waals surface area contributed by atoms with Crippen molar-refractivity contribution in [3.63, 3.8) is 0 Å². The number of rotatable bonds is 6. The molecule has 116 valence electrons. The molecule has 0 aliphatic carbocycles. The van der Waals surface area contributed by atoms with Crippen molar-refractivity contribution in [2.24, 2.45) is 7.05 Å². The average Bonchev–Trinajstić information content (AvgIpc) is 2.77. The molecule has 0 spiro atoms. The van der Waals surface area contributed by atoms with Crippen LogP contribution in [0.15, 0.2) is 24.9 Å². The van der Waals surface area contributed by atoms with Gasteiger partial charge < -0.3 is 10.4 Å². The molecule has 0 saturated carbocycles. The minimum Gasteiger partial charge on any atom is -0.480 e. The Kier molecular flexibility index (Phi) is 4.55. The molecule has 7 heteroatoms. The summed E-state index contributed by atoms with van der Waals surface area (Å²) in [7, 11) is 1.78. The first-order chi connectivity index (χ1) is 10.4. The molecule has 0 aliphatic heterocycles. The van der Waals surface area contributed by atoms with Gasteiger partial charge in [0.05, 0.1) is 11.3 Å². The van der Waals surface area contributed by atoms with Crippen LogP contribution in [0.1, 0.15) is 28.9 Å². The van der Waals surface area contributed by atoms with Gasteiger partial charge in [0, 0.05) is 18.6 Å². The lowest BCUT2D eigenvalue weighted by Gasteiger charge is -2.13. The van der Waals surface area contributed by atoms with Crippen LogP contribution >= 0.6 is 0 Å². The number of aryl methyl sites for hydroxylation is 2. The Morgan fingerprint density at radius 1 is 1.55 bits per heavy atom. The average molecular weight is 302 g/mol. The molecular formula is C15H18N4O3. The van der Waals surface area contributed by atoms with E-state index in [0.717, 1.165) is 11.1 Å². The van der Waals surface area contributed by atoms with E-state index in [0.29, 0.717) is 24.1 Å². The Bertz CT molecular complexity index is 736. The second-order valence-corrected chi connectivity index (χ2v) is 5.03. The normalized spacial score (nSPS) is 12.1. The van der Waals surface area contributed by atoms with Crippen molar-refractivity contribution in [3.05, 3.63) is 36.2 Å². The molecule has 0 radical (unpaired) electrons. The number of nitrogens with one attached hydrogen (secondary N) is 1. The van der Waals surface area contributed by atoms with Gasteiger partial charge in [-0.05, 0) is 25.8 Å². The van der Waals surface area contributed by atoms with E-state index in [4.69, 9.17) is 5.11 Å². The van der Waals surface area contributed by atoms with Crippen molar-refractivity contribution in [2.75, 3.05) is 0 Å². The number of fused-ring (bicyclic) bond motifs is 1. The highest BCUT2D eigenvalue weighted by molar-refractivity contribution is 5.99. The van der Waals surface area contributed by atoms with Crippen molar-refractivity contribution in [3.8, 4) is 0 Å². The standard InChI is InChI=1S/C15H18N4O3/c1-4-5-6-12(15(21)22)17-14(20)10-7-11-9(2)18-19(3)13(11)16-8-10/h4,7-8,12H,1,5-6H2,2-3H3,(H,17,20)(H,21,22). The molecule has 22 heavy (non-hydrogen) atoms.